The number of carbonyl (C=O) groups is 2. The molecule has 33 heavy (non-hydrogen) atoms. The summed E-state index contributed by atoms with van der Waals surface area (Å²) in [6.45, 7) is 1.55. The predicted octanol–water partition coefficient (Wildman–Crippen LogP) is 2.86. The Kier molecular flexibility index (Phi) is 7.65. The van der Waals surface area contributed by atoms with Crippen molar-refractivity contribution in [2.75, 3.05) is 32.1 Å². The topological polar surface area (TPSA) is 102 Å². The van der Waals surface area contributed by atoms with Crippen molar-refractivity contribution >= 4 is 27.6 Å². The van der Waals surface area contributed by atoms with Gasteiger partial charge in [-0.2, -0.15) is 4.31 Å². The number of nitrogens with zero attached hydrogens (tertiary/aromatic N) is 1. The number of ether oxygens (including phenoxy) is 2. The number of anilines is 1. The van der Waals surface area contributed by atoms with Gasteiger partial charge in [0.05, 0.1) is 7.11 Å². The van der Waals surface area contributed by atoms with Gasteiger partial charge in [-0.1, -0.05) is 0 Å². The Morgan fingerprint density at radius 1 is 1.12 bits per heavy atom. The van der Waals surface area contributed by atoms with Crippen LogP contribution in [0.1, 0.15) is 18.4 Å². The maximum absolute atomic E-state index is 14.0. The molecular weight excluding hydrogens is 458 g/mol. The van der Waals surface area contributed by atoms with Gasteiger partial charge < -0.3 is 14.8 Å². The highest BCUT2D eigenvalue weighted by atomic mass is 32.2. The molecule has 0 aromatic heterocycles. The molecule has 11 heteroatoms. The largest absolute Gasteiger partial charge is 0.482 e. The number of aryl methyl sites for hydroxylation is 1. The minimum absolute atomic E-state index is 0.00958. The van der Waals surface area contributed by atoms with E-state index < -0.39 is 38.4 Å². The summed E-state index contributed by atoms with van der Waals surface area (Å²) < 4.78 is 63.7. The van der Waals surface area contributed by atoms with Crippen LogP contribution in [-0.2, 0) is 24.3 Å². The minimum Gasteiger partial charge on any atom is -0.482 e. The lowest BCUT2D eigenvalue weighted by Gasteiger charge is -2.30. The lowest BCUT2D eigenvalue weighted by Crippen LogP contribution is -2.41. The van der Waals surface area contributed by atoms with Crippen LogP contribution in [0.2, 0.25) is 0 Å². The van der Waals surface area contributed by atoms with E-state index in [1.54, 1.807) is 25.1 Å². The summed E-state index contributed by atoms with van der Waals surface area (Å²) in [5, 5.41) is 2.82. The number of hydrogen-bond donors (Lipinski definition) is 1. The van der Waals surface area contributed by atoms with E-state index in [0.717, 1.165) is 16.4 Å². The maximum Gasteiger partial charge on any atom is 0.343 e. The number of amides is 1. The zero-order valence-corrected chi connectivity index (χ0v) is 19.0. The first-order valence-corrected chi connectivity index (χ1v) is 11.6. The Labute approximate surface area is 190 Å². The Bertz CT molecular complexity index is 1150. The molecule has 0 aliphatic carbocycles. The molecule has 1 saturated heterocycles. The van der Waals surface area contributed by atoms with E-state index in [-0.39, 0.29) is 38.4 Å². The molecule has 8 nitrogen and oxygen atoms in total. The van der Waals surface area contributed by atoms with E-state index in [2.05, 4.69) is 10.1 Å². The molecular formula is C22H24F2N2O6S. The van der Waals surface area contributed by atoms with E-state index in [1.165, 1.54) is 7.11 Å². The number of rotatable bonds is 7. The molecule has 0 saturated carbocycles. The Morgan fingerprint density at radius 2 is 1.82 bits per heavy atom. The molecule has 0 radical (unpaired) electrons. The first-order chi connectivity index (χ1) is 15.6. The first kappa shape index (κ1) is 24.6. The van der Waals surface area contributed by atoms with Gasteiger partial charge in [0.15, 0.2) is 6.61 Å². The van der Waals surface area contributed by atoms with E-state index in [4.69, 9.17) is 4.74 Å². The SMILES string of the molecule is COC(=O)COc1ccc(NC(=O)C2CCN(S(=O)(=O)c3cc(F)ccc3F)CC2)c(C)c1. The fourth-order valence-corrected chi connectivity index (χ4v) is 5.02. The average molecular weight is 483 g/mol. The molecule has 2 aromatic rings. The summed E-state index contributed by atoms with van der Waals surface area (Å²) in [4.78, 5) is 23.2. The van der Waals surface area contributed by atoms with Crippen LogP contribution in [0.15, 0.2) is 41.3 Å². The summed E-state index contributed by atoms with van der Waals surface area (Å²) in [5.41, 5.74) is 1.27. The number of piperidine rings is 1. The highest BCUT2D eigenvalue weighted by molar-refractivity contribution is 7.89. The summed E-state index contributed by atoms with van der Waals surface area (Å²) in [7, 11) is -2.95. The van der Waals surface area contributed by atoms with Crippen LogP contribution >= 0.6 is 0 Å². The number of esters is 1. The quantitative estimate of drug-likeness (QED) is 0.609. The second-order valence-electron chi connectivity index (χ2n) is 7.58. The minimum atomic E-state index is -4.21. The highest BCUT2D eigenvalue weighted by Crippen LogP contribution is 2.28. The number of methoxy groups -OCH3 is 1. The molecule has 3 rings (SSSR count). The zero-order valence-electron chi connectivity index (χ0n) is 18.1. The standard InChI is InChI=1S/C22H24F2N2O6S/c1-14-11-17(32-13-21(27)31-2)4-6-19(14)25-22(28)15-7-9-26(10-8-15)33(29,30)20-12-16(23)3-5-18(20)24/h3-6,11-12,15H,7-10,13H2,1-2H3,(H,25,28). The number of nitrogens with one attached hydrogen (secondary N) is 1. The first-order valence-electron chi connectivity index (χ1n) is 10.2. The molecule has 0 bridgehead atoms. The van der Waals surface area contributed by atoms with Crippen LogP contribution < -0.4 is 10.1 Å². The van der Waals surface area contributed by atoms with Gasteiger partial charge in [0.25, 0.3) is 0 Å². The number of carbonyl (C=O) groups excluding carboxylic acids is 2. The summed E-state index contributed by atoms with van der Waals surface area (Å²) in [6.07, 6.45) is 0.475. The molecule has 0 spiro atoms. The molecule has 1 fully saturated rings. The van der Waals surface area contributed by atoms with Gasteiger partial charge in [0.1, 0.15) is 22.3 Å². The number of halogens is 2. The molecule has 1 heterocycles. The summed E-state index contributed by atoms with van der Waals surface area (Å²) >= 11 is 0. The van der Waals surface area contributed by atoms with Gasteiger partial charge in [-0.25, -0.2) is 22.0 Å². The van der Waals surface area contributed by atoms with Crippen molar-refractivity contribution in [2.24, 2.45) is 5.92 Å². The Balaban J connectivity index is 1.59. The van der Waals surface area contributed by atoms with Crippen molar-refractivity contribution in [1.29, 1.82) is 0 Å². The number of benzene rings is 2. The van der Waals surface area contributed by atoms with Gasteiger partial charge in [-0.05, 0) is 61.7 Å². The van der Waals surface area contributed by atoms with Crippen LogP contribution in [0.25, 0.3) is 0 Å². The van der Waals surface area contributed by atoms with Gasteiger partial charge in [0.2, 0.25) is 15.9 Å². The van der Waals surface area contributed by atoms with Crippen LogP contribution in [0, 0.1) is 24.5 Å². The molecule has 1 amide bonds. The second kappa shape index (κ2) is 10.3. The van der Waals surface area contributed by atoms with E-state index in [1.807, 2.05) is 0 Å². The van der Waals surface area contributed by atoms with Crippen LogP contribution in [0.5, 0.6) is 5.75 Å². The smallest absolute Gasteiger partial charge is 0.343 e. The van der Waals surface area contributed by atoms with Gasteiger partial charge in [-0.3, -0.25) is 4.79 Å². The van der Waals surface area contributed by atoms with Crippen molar-refractivity contribution in [3.63, 3.8) is 0 Å². The van der Waals surface area contributed by atoms with Crippen molar-refractivity contribution in [3.8, 4) is 5.75 Å². The van der Waals surface area contributed by atoms with Crippen molar-refractivity contribution in [1.82, 2.24) is 4.31 Å². The fraction of sp³-hybridized carbons (Fsp3) is 0.364. The number of sulfonamides is 1. The van der Waals surface area contributed by atoms with Crippen LogP contribution in [0.4, 0.5) is 14.5 Å². The maximum atomic E-state index is 14.0. The molecule has 0 unspecified atom stereocenters. The van der Waals surface area contributed by atoms with E-state index in [0.29, 0.717) is 23.1 Å². The lowest BCUT2D eigenvalue weighted by molar-refractivity contribution is -0.142. The zero-order chi connectivity index (χ0) is 24.2. The predicted molar refractivity (Wildman–Crippen MR) is 115 cm³/mol. The molecule has 0 atom stereocenters. The van der Waals surface area contributed by atoms with E-state index >= 15 is 0 Å². The van der Waals surface area contributed by atoms with Crippen molar-refractivity contribution < 1.29 is 36.3 Å². The third-order valence-corrected chi connectivity index (χ3v) is 7.29. The van der Waals surface area contributed by atoms with Gasteiger partial charge >= 0.3 is 5.97 Å². The van der Waals surface area contributed by atoms with Crippen LogP contribution in [0.3, 0.4) is 0 Å². The normalized spacial score (nSPS) is 15.2. The molecule has 1 aliphatic heterocycles. The second-order valence-corrected chi connectivity index (χ2v) is 9.49. The van der Waals surface area contributed by atoms with Crippen LogP contribution in [-0.4, -0.2) is 51.4 Å². The summed E-state index contributed by atoms with van der Waals surface area (Å²) in [6, 6.07) is 7.20. The fourth-order valence-electron chi connectivity index (χ4n) is 3.47. The monoisotopic (exact) mass is 482 g/mol. The molecule has 1 aliphatic rings. The van der Waals surface area contributed by atoms with Gasteiger partial charge in [-0.15, -0.1) is 0 Å². The molecule has 2 aromatic carbocycles. The average Bonchev–Trinajstić information content (AvgIpc) is 2.80. The van der Waals surface area contributed by atoms with Crippen molar-refractivity contribution in [3.05, 3.63) is 53.6 Å². The Morgan fingerprint density at radius 3 is 2.45 bits per heavy atom. The third kappa shape index (κ3) is 5.85. The van der Waals surface area contributed by atoms with Gasteiger partial charge in [0, 0.05) is 24.7 Å². The van der Waals surface area contributed by atoms with Crippen molar-refractivity contribution in [2.45, 2.75) is 24.7 Å². The van der Waals surface area contributed by atoms with E-state index in [9.17, 15) is 26.8 Å². The lowest BCUT2D eigenvalue weighted by atomic mass is 9.97. The Hall–Kier alpha value is -3.05. The summed E-state index contributed by atoms with van der Waals surface area (Å²) in [5.74, 6) is -2.65. The third-order valence-electron chi connectivity index (χ3n) is 5.38. The number of hydrogen-bond acceptors (Lipinski definition) is 6. The molecule has 178 valence electrons. The highest BCUT2D eigenvalue weighted by Gasteiger charge is 2.34. The molecule has 1 N–H and O–H groups in total.